The first-order valence-corrected chi connectivity index (χ1v) is 9.73. The van der Waals surface area contributed by atoms with Crippen LogP contribution in [-0.4, -0.2) is 36.6 Å². The molecule has 150 valence electrons. The van der Waals surface area contributed by atoms with Gasteiger partial charge in [-0.3, -0.25) is 9.59 Å². The molecule has 0 saturated carbocycles. The van der Waals surface area contributed by atoms with Crippen molar-refractivity contribution >= 4 is 62.6 Å². The number of rotatable bonds is 4. The molecule has 0 aliphatic carbocycles. The molecule has 0 aliphatic heterocycles. The van der Waals surface area contributed by atoms with Gasteiger partial charge in [0.15, 0.2) is 4.80 Å². The van der Waals surface area contributed by atoms with Crippen molar-refractivity contribution in [3.05, 3.63) is 62.4 Å². The molecule has 0 bridgehead atoms. The average Bonchev–Trinajstić information content (AvgIpc) is 3.02. The van der Waals surface area contributed by atoms with Crippen LogP contribution >= 0.6 is 34.5 Å². The lowest BCUT2D eigenvalue weighted by molar-refractivity contribution is -0.141. The number of carbonyl (C=O) groups excluding carboxylic acids is 3. The smallest absolute Gasteiger partial charge is 0.337 e. The molecule has 0 aliphatic rings. The maximum Gasteiger partial charge on any atom is 0.337 e. The second-order valence-corrected chi connectivity index (χ2v) is 7.68. The average molecular weight is 453 g/mol. The maximum atomic E-state index is 12.6. The molecule has 3 aromatic rings. The van der Waals surface area contributed by atoms with Crippen LogP contribution in [0.3, 0.4) is 0 Å². The highest BCUT2D eigenvalue weighted by Gasteiger charge is 2.15. The summed E-state index contributed by atoms with van der Waals surface area (Å²) in [7, 11) is 2.55. The lowest BCUT2D eigenvalue weighted by Gasteiger charge is -2.04. The molecule has 3 rings (SSSR count). The van der Waals surface area contributed by atoms with Crippen molar-refractivity contribution in [2.45, 2.75) is 6.54 Å². The van der Waals surface area contributed by atoms with Gasteiger partial charge < -0.3 is 14.0 Å². The second kappa shape index (κ2) is 8.77. The minimum Gasteiger partial charge on any atom is -0.468 e. The molecular formula is C19H14Cl2N2O5S. The van der Waals surface area contributed by atoms with E-state index in [-0.39, 0.29) is 16.9 Å². The molecular weight excluding hydrogens is 439 g/mol. The van der Waals surface area contributed by atoms with Crippen molar-refractivity contribution in [2.75, 3.05) is 14.2 Å². The SMILES string of the molecule is COC(=O)Cn1c(=NC(=O)c2cc(Cl)cc(Cl)c2)sc2cc(C(=O)OC)ccc21. The summed E-state index contributed by atoms with van der Waals surface area (Å²) in [6.07, 6.45) is 0. The zero-order valence-electron chi connectivity index (χ0n) is 15.3. The molecule has 29 heavy (non-hydrogen) atoms. The lowest BCUT2D eigenvalue weighted by atomic mass is 10.2. The van der Waals surface area contributed by atoms with Gasteiger partial charge in [0.2, 0.25) is 0 Å². The van der Waals surface area contributed by atoms with E-state index in [1.165, 1.54) is 37.0 Å². The number of methoxy groups -OCH3 is 2. The van der Waals surface area contributed by atoms with Crippen LogP contribution in [0.15, 0.2) is 41.4 Å². The zero-order chi connectivity index (χ0) is 21.1. The van der Waals surface area contributed by atoms with E-state index in [9.17, 15) is 14.4 Å². The summed E-state index contributed by atoms with van der Waals surface area (Å²) >= 11 is 13.1. The third-order valence-electron chi connectivity index (χ3n) is 3.93. The Balaban J connectivity index is 2.16. The fraction of sp³-hybridized carbons (Fsp3) is 0.158. The van der Waals surface area contributed by atoms with E-state index in [1.54, 1.807) is 18.2 Å². The highest BCUT2D eigenvalue weighted by atomic mass is 35.5. The summed E-state index contributed by atoms with van der Waals surface area (Å²) in [5, 5.41) is 0.607. The quantitative estimate of drug-likeness (QED) is 0.563. The number of hydrogen-bond acceptors (Lipinski definition) is 6. The van der Waals surface area contributed by atoms with Crippen LogP contribution in [0, 0.1) is 0 Å². The third kappa shape index (κ3) is 4.67. The topological polar surface area (TPSA) is 87.0 Å². The molecule has 0 N–H and O–H groups in total. The van der Waals surface area contributed by atoms with E-state index in [0.717, 1.165) is 11.3 Å². The van der Waals surface area contributed by atoms with Crippen molar-refractivity contribution in [3.8, 4) is 0 Å². The van der Waals surface area contributed by atoms with E-state index >= 15 is 0 Å². The van der Waals surface area contributed by atoms with E-state index in [2.05, 4.69) is 4.99 Å². The Morgan fingerprint density at radius 1 is 1.00 bits per heavy atom. The largest absolute Gasteiger partial charge is 0.468 e. The molecule has 1 amide bonds. The lowest BCUT2D eigenvalue weighted by Crippen LogP contribution is -2.22. The van der Waals surface area contributed by atoms with Crippen LogP contribution in [0.25, 0.3) is 10.2 Å². The number of carbonyl (C=O) groups is 3. The zero-order valence-corrected chi connectivity index (χ0v) is 17.6. The normalized spacial score (nSPS) is 11.5. The minimum atomic E-state index is -0.576. The summed E-state index contributed by atoms with van der Waals surface area (Å²) in [6.45, 7) is -0.156. The van der Waals surface area contributed by atoms with Crippen LogP contribution < -0.4 is 4.80 Å². The Hall–Kier alpha value is -2.68. The van der Waals surface area contributed by atoms with Gasteiger partial charge >= 0.3 is 11.9 Å². The van der Waals surface area contributed by atoms with Crippen LogP contribution in [0.2, 0.25) is 10.0 Å². The van der Waals surface area contributed by atoms with Gasteiger partial charge in [0.05, 0.1) is 30.0 Å². The Kier molecular flexibility index (Phi) is 6.36. The Labute approximate surface area is 179 Å². The number of esters is 2. The van der Waals surface area contributed by atoms with E-state index in [4.69, 9.17) is 32.7 Å². The molecule has 0 radical (unpaired) electrons. The Morgan fingerprint density at radius 3 is 2.31 bits per heavy atom. The first kappa shape index (κ1) is 21.0. The summed E-state index contributed by atoms with van der Waals surface area (Å²) in [5.41, 5.74) is 1.16. The number of fused-ring (bicyclic) bond motifs is 1. The molecule has 0 atom stereocenters. The number of benzene rings is 2. The van der Waals surface area contributed by atoms with Crippen LogP contribution in [-0.2, 0) is 20.8 Å². The highest BCUT2D eigenvalue weighted by Crippen LogP contribution is 2.22. The van der Waals surface area contributed by atoms with Crippen LogP contribution in [0.5, 0.6) is 0 Å². The number of nitrogens with zero attached hydrogens (tertiary/aromatic N) is 2. The standard InChI is InChI=1S/C19H14Cl2N2O5S/c1-27-16(24)9-23-14-4-3-10(18(26)28-2)7-15(14)29-19(23)22-17(25)11-5-12(20)8-13(21)6-11/h3-8H,9H2,1-2H3. The van der Waals surface area contributed by atoms with Crippen molar-refractivity contribution < 1.29 is 23.9 Å². The molecule has 0 saturated heterocycles. The summed E-state index contributed by atoms with van der Waals surface area (Å²) in [6, 6.07) is 9.24. The van der Waals surface area contributed by atoms with Crippen molar-refractivity contribution in [3.63, 3.8) is 0 Å². The molecule has 1 heterocycles. The van der Waals surface area contributed by atoms with Crippen LogP contribution in [0.4, 0.5) is 0 Å². The predicted octanol–water partition coefficient (Wildman–Crippen LogP) is 3.71. The number of hydrogen-bond donors (Lipinski definition) is 0. The number of ether oxygens (including phenoxy) is 2. The van der Waals surface area contributed by atoms with Gasteiger partial charge in [-0.25, -0.2) is 4.79 Å². The molecule has 7 nitrogen and oxygen atoms in total. The number of aromatic nitrogens is 1. The van der Waals surface area contributed by atoms with Gasteiger partial charge in [0.1, 0.15) is 6.54 Å². The third-order valence-corrected chi connectivity index (χ3v) is 5.40. The summed E-state index contributed by atoms with van der Waals surface area (Å²) in [5.74, 6) is -1.59. The summed E-state index contributed by atoms with van der Waals surface area (Å²) in [4.78, 5) is 40.7. The van der Waals surface area contributed by atoms with Crippen LogP contribution in [0.1, 0.15) is 20.7 Å². The highest BCUT2D eigenvalue weighted by molar-refractivity contribution is 7.16. The molecule has 1 aromatic heterocycles. The number of halogens is 2. The fourth-order valence-corrected chi connectivity index (χ4v) is 4.17. The molecule has 0 unspecified atom stereocenters. The second-order valence-electron chi connectivity index (χ2n) is 5.80. The first-order valence-electron chi connectivity index (χ1n) is 8.16. The van der Waals surface area contributed by atoms with Gasteiger partial charge in [-0.2, -0.15) is 4.99 Å². The van der Waals surface area contributed by atoms with E-state index in [0.29, 0.717) is 25.8 Å². The van der Waals surface area contributed by atoms with Gasteiger partial charge in [-0.15, -0.1) is 0 Å². The summed E-state index contributed by atoms with van der Waals surface area (Å²) < 4.78 is 11.7. The molecule has 10 heteroatoms. The van der Waals surface area contributed by atoms with Gasteiger partial charge in [0.25, 0.3) is 5.91 Å². The van der Waals surface area contributed by atoms with Crippen molar-refractivity contribution in [1.82, 2.24) is 4.57 Å². The van der Waals surface area contributed by atoms with Gasteiger partial charge in [-0.1, -0.05) is 34.5 Å². The first-order chi connectivity index (χ1) is 13.8. The van der Waals surface area contributed by atoms with Crippen molar-refractivity contribution in [1.29, 1.82) is 0 Å². The van der Waals surface area contributed by atoms with Crippen molar-refractivity contribution in [2.24, 2.45) is 4.99 Å². The van der Waals surface area contributed by atoms with E-state index < -0.39 is 17.8 Å². The Bertz CT molecular complexity index is 1180. The molecule has 0 spiro atoms. The van der Waals surface area contributed by atoms with Gasteiger partial charge in [-0.05, 0) is 36.4 Å². The molecule has 2 aromatic carbocycles. The predicted molar refractivity (Wildman–Crippen MR) is 110 cm³/mol. The maximum absolute atomic E-state index is 12.6. The number of amides is 1. The monoisotopic (exact) mass is 452 g/mol. The van der Waals surface area contributed by atoms with Gasteiger partial charge in [0, 0.05) is 15.6 Å². The minimum absolute atomic E-state index is 0.156. The molecule has 0 fully saturated rings. The Morgan fingerprint density at radius 2 is 1.69 bits per heavy atom. The fourth-order valence-electron chi connectivity index (χ4n) is 2.58. The number of thiazole rings is 1. The van der Waals surface area contributed by atoms with E-state index in [1.807, 2.05) is 0 Å².